The summed E-state index contributed by atoms with van der Waals surface area (Å²) in [6, 6.07) is 4.83. The molecule has 0 unspecified atom stereocenters. The molecule has 0 aliphatic heterocycles. The molecule has 0 radical (unpaired) electrons. The van der Waals surface area contributed by atoms with Crippen LogP contribution < -0.4 is 0 Å². The highest BCUT2D eigenvalue weighted by molar-refractivity contribution is 9.10. The van der Waals surface area contributed by atoms with Crippen LogP contribution in [0.2, 0.25) is 0 Å². The molecule has 3 nitrogen and oxygen atoms in total. The second kappa shape index (κ2) is 3.49. The molecule has 1 heterocycles. The SMILES string of the molecule is Cc1ccc(-c2nnc(Br)o2)c(F)c1. The second-order valence-corrected chi connectivity index (χ2v) is 3.52. The van der Waals surface area contributed by atoms with Crippen molar-refractivity contribution in [2.45, 2.75) is 6.92 Å². The van der Waals surface area contributed by atoms with E-state index in [4.69, 9.17) is 4.42 Å². The number of benzene rings is 1. The van der Waals surface area contributed by atoms with Gasteiger partial charge in [0.25, 0.3) is 10.7 Å². The van der Waals surface area contributed by atoms with Gasteiger partial charge in [-0.1, -0.05) is 6.07 Å². The normalized spacial score (nSPS) is 10.5. The summed E-state index contributed by atoms with van der Waals surface area (Å²) in [5, 5.41) is 7.26. The third kappa shape index (κ3) is 1.68. The zero-order valence-electron chi connectivity index (χ0n) is 7.29. The van der Waals surface area contributed by atoms with Gasteiger partial charge in [-0.05, 0) is 24.6 Å². The quantitative estimate of drug-likeness (QED) is 0.788. The lowest BCUT2D eigenvalue weighted by molar-refractivity contribution is 0.533. The minimum atomic E-state index is -0.360. The fraction of sp³-hybridized carbons (Fsp3) is 0.111. The third-order valence-corrected chi connectivity index (χ3v) is 2.08. The van der Waals surface area contributed by atoms with Gasteiger partial charge >= 0.3 is 0 Å². The van der Waals surface area contributed by atoms with Gasteiger partial charge in [0.2, 0.25) is 0 Å². The molecule has 72 valence electrons. The van der Waals surface area contributed by atoms with Crippen LogP contribution in [-0.2, 0) is 0 Å². The predicted octanol–water partition coefficient (Wildman–Crippen LogP) is 2.95. The van der Waals surface area contributed by atoms with Crippen LogP contribution in [0.5, 0.6) is 0 Å². The summed E-state index contributed by atoms with van der Waals surface area (Å²) < 4.78 is 18.4. The van der Waals surface area contributed by atoms with E-state index in [-0.39, 0.29) is 16.5 Å². The molecule has 0 aliphatic rings. The van der Waals surface area contributed by atoms with Gasteiger partial charge < -0.3 is 4.42 Å². The van der Waals surface area contributed by atoms with Crippen molar-refractivity contribution in [3.8, 4) is 11.5 Å². The number of hydrogen-bond acceptors (Lipinski definition) is 3. The van der Waals surface area contributed by atoms with E-state index in [1.165, 1.54) is 6.07 Å². The maximum atomic E-state index is 13.4. The van der Waals surface area contributed by atoms with Gasteiger partial charge in [-0.3, -0.25) is 0 Å². The fourth-order valence-electron chi connectivity index (χ4n) is 1.11. The fourth-order valence-corrected chi connectivity index (χ4v) is 1.34. The summed E-state index contributed by atoms with van der Waals surface area (Å²) in [7, 11) is 0. The smallest absolute Gasteiger partial charge is 0.285 e. The van der Waals surface area contributed by atoms with E-state index in [1.54, 1.807) is 12.1 Å². The van der Waals surface area contributed by atoms with Gasteiger partial charge in [0.1, 0.15) is 5.82 Å². The Morgan fingerprint density at radius 2 is 2.14 bits per heavy atom. The van der Waals surface area contributed by atoms with Crippen molar-refractivity contribution in [2.24, 2.45) is 0 Å². The maximum Gasteiger partial charge on any atom is 0.285 e. The predicted molar refractivity (Wildman–Crippen MR) is 52.1 cm³/mol. The largest absolute Gasteiger partial charge is 0.411 e. The molecule has 0 fully saturated rings. The molecular formula is C9H6BrFN2O. The lowest BCUT2D eigenvalue weighted by atomic mass is 10.1. The van der Waals surface area contributed by atoms with Crippen LogP contribution in [0, 0.1) is 12.7 Å². The highest BCUT2D eigenvalue weighted by Gasteiger charge is 2.11. The summed E-state index contributed by atoms with van der Waals surface area (Å²) in [4.78, 5) is 0.243. The first-order valence-corrected chi connectivity index (χ1v) is 4.71. The van der Waals surface area contributed by atoms with Crippen LogP contribution in [-0.4, -0.2) is 10.2 Å². The molecule has 0 spiro atoms. The van der Waals surface area contributed by atoms with Crippen molar-refractivity contribution in [2.75, 3.05) is 0 Å². The van der Waals surface area contributed by atoms with Crippen molar-refractivity contribution in [1.82, 2.24) is 10.2 Å². The Kier molecular flexibility index (Phi) is 2.33. The van der Waals surface area contributed by atoms with E-state index in [0.717, 1.165) is 5.56 Å². The van der Waals surface area contributed by atoms with Crippen molar-refractivity contribution in [3.63, 3.8) is 0 Å². The van der Waals surface area contributed by atoms with E-state index in [1.807, 2.05) is 6.92 Å². The van der Waals surface area contributed by atoms with Gasteiger partial charge in [-0.2, -0.15) is 0 Å². The Balaban J connectivity index is 2.52. The summed E-state index contributed by atoms with van der Waals surface area (Å²) in [6.45, 7) is 1.82. The van der Waals surface area contributed by atoms with Crippen LogP contribution in [0.1, 0.15) is 5.56 Å². The van der Waals surface area contributed by atoms with Gasteiger partial charge in [-0.25, -0.2) is 4.39 Å². The molecule has 0 N–H and O–H groups in total. The van der Waals surface area contributed by atoms with Crippen molar-refractivity contribution in [3.05, 3.63) is 34.4 Å². The molecular weight excluding hydrogens is 251 g/mol. The zero-order chi connectivity index (χ0) is 10.1. The molecule has 0 saturated carbocycles. The molecule has 1 aromatic carbocycles. The number of nitrogens with zero attached hydrogens (tertiary/aromatic N) is 2. The Labute approximate surface area is 88.1 Å². The lowest BCUT2D eigenvalue weighted by Crippen LogP contribution is -1.85. The first-order chi connectivity index (χ1) is 6.66. The van der Waals surface area contributed by atoms with E-state index >= 15 is 0 Å². The van der Waals surface area contributed by atoms with Gasteiger partial charge in [0.15, 0.2) is 0 Å². The molecule has 1 aromatic heterocycles. The number of hydrogen-bond donors (Lipinski definition) is 0. The Morgan fingerprint density at radius 1 is 1.36 bits per heavy atom. The highest BCUT2D eigenvalue weighted by atomic mass is 79.9. The molecule has 0 aliphatic carbocycles. The molecule has 2 aromatic rings. The van der Waals surface area contributed by atoms with Gasteiger partial charge in [0, 0.05) is 15.9 Å². The molecule has 5 heteroatoms. The van der Waals surface area contributed by atoms with Crippen LogP contribution in [0.4, 0.5) is 4.39 Å². The van der Waals surface area contributed by atoms with Crippen LogP contribution in [0.15, 0.2) is 27.4 Å². The Hall–Kier alpha value is -1.23. The number of rotatable bonds is 1. The summed E-state index contributed by atoms with van der Waals surface area (Å²) >= 11 is 3.01. The first-order valence-electron chi connectivity index (χ1n) is 3.92. The number of halogens is 2. The van der Waals surface area contributed by atoms with Crippen LogP contribution >= 0.6 is 15.9 Å². The molecule has 0 atom stereocenters. The van der Waals surface area contributed by atoms with Crippen molar-refractivity contribution in [1.29, 1.82) is 0 Å². The highest BCUT2D eigenvalue weighted by Crippen LogP contribution is 2.23. The third-order valence-electron chi connectivity index (χ3n) is 1.76. The Morgan fingerprint density at radius 3 is 2.71 bits per heavy atom. The first kappa shape index (κ1) is 9.33. The molecule has 0 saturated heterocycles. The van der Waals surface area contributed by atoms with Crippen LogP contribution in [0.3, 0.4) is 0 Å². The monoisotopic (exact) mass is 256 g/mol. The molecule has 0 bridgehead atoms. The maximum absolute atomic E-state index is 13.4. The van der Waals surface area contributed by atoms with Crippen LogP contribution in [0.25, 0.3) is 11.5 Å². The van der Waals surface area contributed by atoms with E-state index in [0.29, 0.717) is 5.56 Å². The second-order valence-electron chi connectivity index (χ2n) is 2.84. The number of aryl methyl sites for hydroxylation is 1. The standard InChI is InChI=1S/C9H6BrFN2O/c1-5-2-3-6(7(11)4-5)8-12-13-9(10)14-8/h2-4H,1H3. The van der Waals surface area contributed by atoms with E-state index in [9.17, 15) is 4.39 Å². The lowest BCUT2D eigenvalue weighted by Gasteiger charge is -1.97. The van der Waals surface area contributed by atoms with Gasteiger partial charge in [0.05, 0.1) is 5.56 Å². The van der Waals surface area contributed by atoms with E-state index < -0.39 is 0 Å². The van der Waals surface area contributed by atoms with E-state index in [2.05, 4.69) is 26.1 Å². The van der Waals surface area contributed by atoms with Crippen molar-refractivity contribution >= 4 is 15.9 Å². The van der Waals surface area contributed by atoms with Crippen molar-refractivity contribution < 1.29 is 8.81 Å². The zero-order valence-corrected chi connectivity index (χ0v) is 8.88. The topological polar surface area (TPSA) is 38.9 Å². The Bertz CT molecular complexity index is 470. The summed E-state index contributed by atoms with van der Waals surface area (Å²) in [6.07, 6.45) is 0. The number of aromatic nitrogens is 2. The van der Waals surface area contributed by atoms with Gasteiger partial charge in [-0.15, -0.1) is 10.2 Å². The molecule has 2 rings (SSSR count). The minimum absolute atomic E-state index is 0.175. The average Bonchev–Trinajstić information content (AvgIpc) is 2.51. The molecule has 0 amide bonds. The average molecular weight is 257 g/mol. The minimum Gasteiger partial charge on any atom is -0.411 e. The molecule has 14 heavy (non-hydrogen) atoms. The summed E-state index contributed by atoms with van der Waals surface area (Å²) in [5.74, 6) is -0.185. The summed E-state index contributed by atoms with van der Waals surface area (Å²) in [5.41, 5.74) is 1.17.